The van der Waals surface area contributed by atoms with Gasteiger partial charge in [-0.05, 0) is 62.1 Å². The third kappa shape index (κ3) is 5.99. The number of benzene rings is 2. The van der Waals surface area contributed by atoms with Crippen molar-refractivity contribution >= 4 is 11.8 Å². The van der Waals surface area contributed by atoms with Crippen LogP contribution in [0.25, 0.3) is 0 Å². The van der Waals surface area contributed by atoms with Gasteiger partial charge in [0, 0.05) is 13.1 Å². The molecule has 0 radical (unpaired) electrons. The first-order valence-electron chi connectivity index (χ1n) is 10.3. The van der Waals surface area contributed by atoms with Crippen molar-refractivity contribution in [3.8, 4) is 11.5 Å². The molecule has 0 saturated heterocycles. The molecular weight excluding hydrogens is 380 g/mol. The Kier molecular flexibility index (Phi) is 8.71. The van der Waals surface area contributed by atoms with Gasteiger partial charge in [-0.25, -0.2) is 0 Å². The van der Waals surface area contributed by atoms with E-state index in [0.717, 1.165) is 22.4 Å². The van der Waals surface area contributed by atoms with Crippen LogP contribution in [0.1, 0.15) is 37.0 Å². The Labute approximate surface area is 179 Å². The van der Waals surface area contributed by atoms with Gasteiger partial charge >= 0.3 is 0 Å². The number of nitrogens with zero attached hydrogens (tertiary/aromatic N) is 1. The lowest BCUT2D eigenvalue weighted by Crippen LogP contribution is -2.50. The molecule has 0 heterocycles. The predicted octanol–water partition coefficient (Wildman–Crippen LogP) is 3.63. The molecule has 6 heteroatoms. The second kappa shape index (κ2) is 11.2. The highest BCUT2D eigenvalue weighted by Crippen LogP contribution is 2.21. The lowest BCUT2D eigenvalue weighted by Gasteiger charge is -2.30. The third-order valence-electron chi connectivity index (χ3n) is 5.15. The van der Waals surface area contributed by atoms with Gasteiger partial charge in [0.05, 0.1) is 7.11 Å². The van der Waals surface area contributed by atoms with Crippen molar-refractivity contribution in [3.63, 3.8) is 0 Å². The Morgan fingerprint density at radius 2 is 1.77 bits per heavy atom. The number of rotatable bonds is 10. The molecule has 0 aromatic heterocycles. The summed E-state index contributed by atoms with van der Waals surface area (Å²) in [7, 11) is 1.61. The second-order valence-electron chi connectivity index (χ2n) is 7.18. The molecule has 2 aromatic carbocycles. The summed E-state index contributed by atoms with van der Waals surface area (Å²) in [5.74, 6) is 1.03. The number of amides is 2. The molecule has 0 spiro atoms. The minimum absolute atomic E-state index is 0.129. The topological polar surface area (TPSA) is 67.9 Å². The fourth-order valence-electron chi connectivity index (χ4n) is 3.24. The summed E-state index contributed by atoms with van der Waals surface area (Å²) < 4.78 is 11.0. The van der Waals surface area contributed by atoms with Crippen molar-refractivity contribution in [1.82, 2.24) is 10.2 Å². The van der Waals surface area contributed by atoms with Gasteiger partial charge < -0.3 is 19.7 Å². The first-order valence-corrected chi connectivity index (χ1v) is 10.3. The third-order valence-corrected chi connectivity index (χ3v) is 5.15. The van der Waals surface area contributed by atoms with Crippen molar-refractivity contribution in [2.24, 2.45) is 0 Å². The largest absolute Gasteiger partial charge is 0.497 e. The number of hydrogen-bond donors (Lipinski definition) is 1. The summed E-state index contributed by atoms with van der Waals surface area (Å²) in [6.45, 7) is 8.43. The zero-order chi connectivity index (χ0) is 22.1. The Morgan fingerprint density at radius 3 is 2.37 bits per heavy atom. The summed E-state index contributed by atoms with van der Waals surface area (Å²) in [6, 6.07) is 12.7. The normalized spacial score (nSPS) is 11.5. The SMILES string of the molecule is CCNC(=O)[C@@H](CC)N(Cc1ccc(OC)cc1)C(=O)COc1cccc(C)c1C. The van der Waals surface area contributed by atoms with Crippen LogP contribution in [-0.2, 0) is 16.1 Å². The predicted molar refractivity (Wildman–Crippen MR) is 118 cm³/mol. The standard InChI is InChI=1S/C24H32N2O4/c1-6-21(24(28)25-7-2)26(15-19-11-13-20(29-5)14-12-19)23(27)16-30-22-10-8-9-17(3)18(22)4/h8-14,21H,6-7,15-16H2,1-5H3,(H,25,28)/t21-/m1/s1. The van der Waals surface area contributed by atoms with Crippen LogP contribution in [0.4, 0.5) is 0 Å². The lowest BCUT2D eigenvalue weighted by atomic mass is 10.1. The van der Waals surface area contributed by atoms with Gasteiger partial charge in [-0.15, -0.1) is 0 Å². The molecule has 0 aliphatic carbocycles. The van der Waals surface area contributed by atoms with Gasteiger partial charge in [0.25, 0.3) is 5.91 Å². The molecule has 6 nitrogen and oxygen atoms in total. The van der Waals surface area contributed by atoms with Gasteiger partial charge in [0.2, 0.25) is 5.91 Å². The number of carbonyl (C=O) groups is 2. The van der Waals surface area contributed by atoms with E-state index in [1.54, 1.807) is 12.0 Å². The Morgan fingerprint density at radius 1 is 1.07 bits per heavy atom. The van der Waals surface area contributed by atoms with E-state index < -0.39 is 6.04 Å². The van der Waals surface area contributed by atoms with Crippen molar-refractivity contribution in [2.75, 3.05) is 20.3 Å². The maximum atomic E-state index is 13.1. The van der Waals surface area contributed by atoms with Gasteiger partial charge in [0.15, 0.2) is 6.61 Å². The molecule has 0 unspecified atom stereocenters. The first kappa shape index (κ1) is 23.3. The monoisotopic (exact) mass is 412 g/mol. The van der Waals surface area contributed by atoms with E-state index >= 15 is 0 Å². The molecule has 2 aromatic rings. The van der Waals surface area contributed by atoms with Crippen LogP contribution in [0, 0.1) is 13.8 Å². The molecular formula is C24H32N2O4. The summed E-state index contributed by atoms with van der Waals surface area (Å²) in [4.78, 5) is 27.4. The van der Waals surface area contributed by atoms with Crippen molar-refractivity contribution in [2.45, 2.75) is 46.7 Å². The van der Waals surface area contributed by atoms with Crippen LogP contribution in [0.15, 0.2) is 42.5 Å². The van der Waals surface area contributed by atoms with Crippen LogP contribution in [0.2, 0.25) is 0 Å². The molecule has 0 saturated carbocycles. The molecule has 0 aliphatic rings. The van der Waals surface area contributed by atoms with E-state index in [-0.39, 0.29) is 18.4 Å². The number of nitrogens with one attached hydrogen (secondary N) is 1. The highest BCUT2D eigenvalue weighted by Gasteiger charge is 2.28. The van der Waals surface area contributed by atoms with Gasteiger partial charge in [-0.2, -0.15) is 0 Å². The quantitative estimate of drug-likeness (QED) is 0.647. The summed E-state index contributed by atoms with van der Waals surface area (Å²) >= 11 is 0. The van der Waals surface area contributed by atoms with Crippen molar-refractivity contribution in [3.05, 3.63) is 59.2 Å². The van der Waals surface area contributed by atoms with E-state index in [9.17, 15) is 9.59 Å². The van der Waals surface area contributed by atoms with E-state index in [0.29, 0.717) is 25.3 Å². The number of hydrogen-bond acceptors (Lipinski definition) is 4. The zero-order valence-electron chi connectivity index (χ0n) is 18.5. The zero-order valence-corrected chi connectivity index (χ0v) is 18.5. The maximum Gasteiger partial charge on any atom is 0.261 e. The minimum Gasteiger partial charge on any atom is -0.497 e. The van der Waals surface area contributed by atoms with E-state index in [2.05, 4.69) is 5.32 Å². The van der Waals surface area contributed by atoms with Crippen LogP contribution in [0.3, 0.4) is 0 Å². The molecule has 0 fully saturated rings. The van der Waals surface area contributed by atoms with Crippen LogP contribution in [0.5, 0.6) is 11.5 Å². The molecule has 1 N–H and O–H groups in total. The average molecular weight is 413 g/mol. The molecule has 0 aliphatic heterocycles. The smallest absolute Gasteiger partial charge is 0.261 e. The Balaban J connectivity index is 2.22. The molecule has 2 rings (SSSR count). The van der Waals surface area contributed by atoms with Crippen molar-refractivity contribution in [1.29, 1.82) is 0 Å². The van der Waals surface area contributed by atoms with E-state index in [1.165, 1.54) is 0 Å². The lowest BCUT2D eigenvalue weighted by molar-refractivity contribution is -0.142. The van der Waals surface area contributed by atoms with E-state index in [1.807, 2.05) is 70.2 Å². The Bertz CT molecular complexity index is 849. The van der Waals surface area contributed by atoms with Gasteiger partial charge in [0.1, 0.15) is 17.5 Å². The molecule has 0 bridgehead atoms. The second-order valence-corrected chi connectivity index (χ2v) is 7.18. The number of carbonyl (C=O) groups excluding carboxylic acids is 2. The van der Waals surface area contributed by atoms with Crippen molar-refractivity contribution < 1.29 is 19.1 Å². The highest BCUT2D eigenvalue weighted by atomic mass is 16.5. The number of likely N-dealkylation sites (N-methyl/N-ethyl adjacent to an activating group) is 1. The van der Waals surface area contributed by atoms with Crippen LogP contribution < -0.4 is 14.8 Å². The molecule has 162 valence electrons. The summed E-state index contributed by atoms with van der Waals surface area (Å²) in [5, 5.41) is 2.83. The van der Waals surface area contributed by atoms with Gasteiger partial charge in [-0.3, -0.25) is 9.59 Å². The number of methoxy groups -OCH3 is 1. The first-order chi connectivity index (χ1) is 14.4. The number of ether oxygens (including phenoxy) is 2. The highest BCUT2D eigenvalue weighted by molar-refractivity contribution is 5.88. The fourth-order valence-corrected chi connectivity index (χ4v) is 3.24. The minimum atomic E-state index is -0.568. The fraction of sp³-hybridized carbons (Fsp3) is 0.417. The number of aryl methyl sites for hydroxylation is 1. The Hall–Kier alpha value is -3.02. The maximum absolute atomic E-state index is 13.1. The average Bonchev–Trinajstić information content (AvgIpc) is 2.75. The van der Waals surface area contributed by atoms with E-state index in [4.69, 9.17) is 9.47 Å². The summed E-state index contributed by atoms with van der Waals surface area (Å²) in [6.07, 6.45) is 0.511. The van der Waals surface area contributed by atoms with Crippen LogP contribution >= 0.6 is 0 Å². The summed E-state index contributed by atoms with van der Waals surface area (Å²) in [5.41, 5.74) is 3.02. The molecule has 1 atom stereocenters. The van der Waals surface area contributed by atoms with Crippen LogP contribution in [-0.4, -0.2) is 43.0 Å². The molecule has 2 amide bonds. The van der Waals surface area contributed by atoms with Gasteiger partial charge in [-0.1, -0.05) is 31.2 Å². The molecule has 30 heavy (non-hydrogen) atoms.